The van der Waals surface area contributed by atoms with E-state index in [0.29, 0.717) is 19.8 Å². The highest BCUT2D eigenvalue weighted by Gasteiger charge is 2.66. The summed E-state index contributed by atoms with van der Waals surface area (Å²) in [7, 11) is 0. The van der Waals surface area contributed by atoms with Crippen molar-refractivity contribution in [2.45, 2.75) is 46.6 Å². The predicted octanol–water partition coefficient (Wildman–Crippen LogP) is 1.29. The second-order valence-electron chi connectivity index (χ2n) is 6.95. The van der Waals surface area contributed by atoms with Crippen molar-refractivity contribution in [3.05, 3.63) is 0 Å². The molecule has 0 unspecified atom stereocenters. The zero-order chi connectivity index (χ0) is 13.6. The van der Waals surface area contributed by atoms with Gasteiger partial charge in [0.05, 0.1) is 5.41 Å². The first-order chi connectivity index (χ1) is 8.28. The van der Waals surface area contributed by atoms with Crippen LogP contribution in [0.3, 0.4) is 0 Å². The Labute approximate surface area is 110 Å². The molecule has 2 fully saturated rings. The molecule has 1 amide bonds. The van der Waals surface area contributed by atoms with E-state index >= 15 is 0 Å². The summed E-state index contributed by atoms with van der Waals surface area (Å²) in [6.07, 6.45) is 1.48. The van der Waals surface area contributed by atoms with E-state index in [4.69, 9.17) is 10.5 Å². The number of hydrogen-bond acceptors (Lipinski definition) is 3. The molecule has 0 bridgehead atoms. The van der Waals surface area contributed by atoms with Crippen molar-refractivity contribution < 1.29 is 9.53 Å². The van der Waals surface area contributed by atoms with Gasteiger partial charge in [-0.05, 0) is 23.7 Å². The first kappa shape index (κ1) is 13.8. The van der Waals surface area contributed by atoms with E-state index in [2.05, 4.69) is 33.0 Å². The molecule has 4 heteroatoms. The van der Waals surface area contributed by atoms with Crippen molar-refractivity contribution >= 4 is 5.91 Å². The monoisotopic (exact) mass is 254 g/mol. The smallest absolute Gasteiger partial charge is 0.227 e. The molecule has 0 aromatic rings. The molecule has 0 aromatic carbocycles. The van der Waals surface area contributed by atoms with Crippen LogP contribution < -0.4 is 11.1 Å². The second-order valence-corrected chi connectivity index (χ2v) is 6.95. The Hall–Kier alpha value is -0.610. The molecule has 104 valence electrons. The number of carbonyl (C=O) groups excluding carboxylic acids is 1. The average Bonchev–Trinajstić information content (AvgIpc) is 2.72. The maximum Gasteiger partial charge on any atom is 0.227 e. The highest BCUT2D eigenvalue weighted by atomic mass is 16.5. The van der Waals surface area contributed by atoms with Crippen LogP contribution in [0.2, 0.25) is 0 Å². The highest BCUT2D eigenvalue weighted by Crippen LogP contribution is 2.62. The van der Waals surface area contributed by atoms with Crippen LogP contribution in [0.5, 0.6) is 0 Å². The van der Waals surface area contributed by atoms with Crippen molar-refractivity contribution in [1.29, 1.82) is 0 Å². The number of amides is 1. The first-order valence-electron chi connectivity index (χ1n) is 6.87. The van der Waals surface area contributed by atoms with Gasteiger partial charge in [-0.1, -0.05) is 27.7 Å². The van der Waals surface area contributed by atoms with Crippen LogP contribution in [0.1, 0.15) is 40.5 Å². The number of nitrogens with two attached hydrogens (primary N) is 1. The summed E-state index contributed by atoms with van der Waals surface area (Å²) >= 11 is 0. The van der Waals surface area contributed by atoms with Gasteiger partial charge in [-0.3, -0.25) is 4.79 Å². The quantitative estimate of drug-likeness (QED) is 0.797. The largest absolute Gasteiger partial charge is 0.381 e. The van der Waals surface area contributed by atoms with Gasteiger partial charge in [0.2, 0.25) is 5.91 Å². The fourth-order valence-electron chi connectivity index (χ4n) is 3.13. The van der Waals surface area contributed by atoms with Gasteiger partial charge in [0.1, 0.15) is 0 Å². The molecule has 1 aliphatic carbocycles. The summed E-state index contributed by atoms with van der Waals surface area (Å²) in [6, 6.07) is 0.253. The molecule has 2 rings (SSSR count). The molecule has 1 saturated heterocycles. The van der Waals surface area contributed by atoms with Crippen LogP contribution in [0.4, 0.5) is 0 Å². The molecule has 4 nitrogen and oxygen atoms in total. The third kappa shape index (κ3) is 1.86. The Morgan fingerprint density at radius 3 is 2.11 bits per heavy atom. The summed E-state index contributed by atoms with van der Waals surface area (Å²) in [6.45, 7) is 10.5. The molecule has 0 spiro atoms. The molecule has 18 heavy (non-hydrogen) atoms. The lowest BCUT2D eigenvalue weighted by atomic mass is 9.79. The van der Waals surface area contributed by atoms with Gasteiger partial charge in [0.15, 0.2) is 0 Å². The van der Waals surface area contributed by atoms with E-state index in [9.17, 15) is 4.79 Å². The minimum absolute atomic E-state index is 0.122. The van der Waals surface area contributed by atoms with Gasteiger partial charge in [-0.2, -0.15) is 0 Å². The lowest BCUT2D eigenvalue weighted by Crippen LogP contribution is -2.50. The summed E-state index contributed by atoms with van der Waals surface area (Å²) in [5.41, 5.74) is 5.78. The topological polar surface area (TPSA) is 64.4 Å². The Balaban J connectivity index is 2.04. The van der Waals surface area contributed by atoms with E-state index in [0.717, 1.165) is 12.8 Å². The van der Waals surface area contributed by atoms with Gasteiger partial charge in [0.25, 0.3) is 0 Å². The first-order valence-corrected chi connectivity index (χ1v) is 6.87. The molecule has 0 radical (unpaired) electrons. The number of nitrogens with one attached hydrogen (secondary N) is 1. The number of carbonyl (C=O) groups is 1. The Kier molecular flexibility index (Phi) is 3.23. The minimum Gasteiger partial charge on any atom is -0.381 e. The molecule has 0 aromatic heterocycles. The minimum atomic E-state index is -0.410. The number of ether oxygens (including phenoxy) is 1. The van der Waals surface area contributed by atoms with Crippen molar-refractivity contribution in [2.75, 3.05) is 19.8 Å². The zero-order valence-electron chi connectivity index (χ0n) is 12.0. The van der Waals surface area contributed by atoms with Crippen molar-refractivity contribution in [1.82, 2.24) is 5.32 Å². The van der Waals surface area contributed by atoms with Crippen LogP contribution >= 0.6 is 0 Å². The molecule has 0 atom stereocenters. The highest BCUT2D eigenvalue weighted by molar-refractivity contribution is 5.84. The Morgan fingerprint density at radius 2 is 1.72 bits per heavy atom. The fraction of sp³-hybridized carbons (Fsp3) is 0.929. The van der Waals surface area contributed by atoms with Gasteiger partial charge in [-0.25, -0.2) is 0 Å². The van der Waals surface area contributed by atoms with Gasteiger partial charge < -0.3 is 15.8 Å². The molecule has 3 N–H and O–H groups in total. The van der Waals surface area contributed by atoms with Crippen LogP contribution in [0.15, 0.2) is 0 Å². The fourth-order valence-corrected chi connectivity index (χ4v) is 3.13. The summed E-state index contributed by atoms with van der Waals surface area (Å²) in [5, 5.41) is 3.22. The lowest BCUT2D eigenvalue weighted by molar-refractivity contribution is -0.136. The van der Waals surface area contributed by atoms with E-state index in [-0.39, 0.29) is 22.8 Å². The molecule has 1 heterocycles. The third-order valence-corrected chi connectivity index (χ3v) is 5.62. The molecular formula is C14H26N2O2. The summed E-state index contributed by atoms with van der Waals surface area (Å²) in [4.78, 5) is 12.5. The standard InChI is InChI=1S/C14H26N2O2/c1-12(2)10(13(12,3)4)16-11(17)14(9-15)5-7-18-8-6-14/h10H,5-9,15H2,1-4H3,(H,16,17). The maximum atomic E-state index is 12.5. The lowest BCUT2D eigenvalue weighted by Gasteiger charge is -2.34. The van der Waals surface area contributed by atoms with Crippen LogP contribution in [0, 0.1) is 16.2 Å². The number of hydrogen-bond donors (Lipinski definition) is 2. The molecule has 1 aliphatic heterocycles. The van der Waals surface area contributed by atoms with Gasteiger partial charge in [0, 0.05) is 25.8 Å². The van der Waals surface area contributed by atoms with E-state index in [1.165, 1.54) is 0 Å². The Morgan fingerprint density at radius 1 is 1.22 bits per heavy atom. The second kappa shape index (κ2) is 4.20. The van der Waals surface area contributed by atoms with Crippen LogP contribution in [0.25, 0.3) is 0 Å². The van der Waals surface area contributed by atoms with E-state index in [1.54, 1.807) is 0 Å². The summed E-state index contributed by atoms with van der Waals surface area (Å²) in [5.74, 6) is 0.122. The average molecular weight is 254 g/mol. The summed E-state index contributed by atoms with van der Waals surface area (Å²) < 4.78 is 5.34. The molecule has 1 saturated carbocycles. The number of rotatable bonds is 3. The normalized spacial score (nSPS) is 28.7. The van der Waals surface area contributed by atoms with Crippen molar-refractivity contribution in [3.63, 3.8) is 0 Å². The van der Waals surface area contributed by atoms with Crippen molar-refractivity contribution in [3.8, 4) is 0 Å². The molecular weight excluding hydrogens is 228 g/mol. The van der Waals surface area contributed by atoms with Gasteiger partial charge >= 0.3 is 0 Å². The van der Waals surface area contributed by atoms with Crippen LogP contribution in [-0.2, 0) is 9.53 Å². The van der Waals surface area contributed by atoms with Crippen molar-refractivity contribution in [2.24, 2.45) is 22.0 Å². The van der Waals surface area contributed by atoms with Gasteiger partial charge in [-0.15, -0.1) is 0 Å². The van der Waals surface area contributed by atoms with Crippen LogP contribution in [-0.4, -0.2) is 31.7 Å². The molecule has 2 aliphatic rings. The van der Waals surface area contributed by atoms with E-state index in [1.807, 2.05) is 0 Å². The third-order valence-electron chi connectivity index (χ3n) is 5.62. The predicted molar refractivity (Wildman–Crippen MR) is 71.0 cm³/mol. The van der Waals surface area contributed by atoms with E-state index < -0.39 is 5.41 Å². The SMILES string of the molecule is CC1(C)C(NC(=O)C2(CN)CCOCC2)C1(C)C. The Bertz CT molecular complexity index is 330. The maximum absolute atomic E-state index is 12.5. The zero-order valence-corrected chi connectivity index (χ0v) is 12.0.